The third-order valence-electron chi connectivity index (χ3n) is 2.87. The molecule has 2 atom stereocenters. The van der Waals surface area contributed by atoms with Crippen molar-refractivity contribution in [2.45, 2.75) is 65.5 Å². The predicted octanol–water partition coefficient (Wildman–Crippen LogP) is 1.51. The molecule has 0 aliphatic carbocycles. The average Bonchev–Trinajstić information content (AvgIpc) is 2.14. The second-order valence-corrected chi connectivity index (χ2v) is 5.84. The van der Waals surface area contributed by atoms with Crippen molar-refractivity contribution < 1.29 is 14.7 Å². The number of carbonyl (C=O) groups is 2. The monoisotopic (exact) mass is 258 g/mol. The first kappa shape index (κ1) is 16.9. The zero-order valence-electron chi connectivity index (χ0n) is 11.8. The number of carboxylic acid groups (broad SMARTS) is 1. The molecule has 0 radical (unpaired) electrons. The minimum Gasteiger partial charge on any atom is -0.481 e. The topological polar surface area (TPSA) is 92.4 Å². The van der Waals surface area contributed by atoms with E-state index >= 15 is 0 Å². The molecular weight excluding hydrogens is 232 g/mol. The van der Waals surface area contributed by atoms with E-state index in [-0.39, 0.29) is 36.2 Å². The SMILES string of the molecule is CCCC(N)CC(=O)NC(CC(=O)O)C(C)(C)C. The van der Waals surface area contributed by atoms with Crippen molar-refractivity contribution >= 4 is 11.9 Å². The van der Waals surface area contributed by atoms with Gasteiger partial charge in [-0.3, -0.25) is 9.59 Å². The first-order chi connectivity index (χ1) is 8.16. The molecule has 0 rings (SSSR count). The van der Waals surface area contributed by atoms with Gasteiger partial charge in [-0.15, -0.1) is 0 Å². The van der Waals surface area contributed by atoms with Crippen LogP contribution in [0.1, 0.15) is 53.4 Å². The van der Waals surface area contributed by atoms with Crippen LogP contribution >= 0.6 is 0 Å². The summed E-state index contributed by atoms with van der Waals surface area (Å²) < 4.78 is 0. The molecule has 1 amide bonds. The number of carboxylic acids is 1. The lowest BCUT2D eigenvalue weighted by atomic mass is 9.84. The van der Waals surface area contributed by atoms with Crippen LogP contribution in [0.25, 0.3) is 0 Å². The van der Waals surface area contributed by atoms with Crippen LogP contribution in [0.15, 0.2) is 0 Å². The van der Waals surface area contributed by atoms with Crippen molar-refractivity contribution in [1.29, 1.82) is 0 Å². The van der Waals surface area contributed by atoms with Gasteiger partial charge in [0.25, 0.3) is 0 Å². The van der Waals surface area contributed by atoms with Gasteiger partial charge in [-0.1, -0.05) is 34.1 Å². The molecule has 2 unspecified atom stereocenters. The van der Waals surface area contributed by atoms with E-state index in [9.17, 15) is 9.59 Å². The number of carbonyl (C=O) groups excluding carboxylic acids is 1. The number of hydrogen-bond donors (Lipinski definition) is 3. The lowest BCUT2D eigenvalue weighted by molar-refractivity contribution is -0.138. The summed E-state index contributed by atoms with van der Waals surface area (Å²) in [5.41, 5.74) is 5.51. The van der Waals surface area contributed by atoms with Gasteiger partial charge in [-0.2, -0.15) is 0 Å². The molecule has 0 aromatic heterocycles. The molecule has 106 valence electrons. The number of nitrogens with two attached hydrogens (primary N) is 1. The fraction of sp³-hybridized carbons (Fsp3) is 0.846. The van der Waals surface area contributed by atoms with Crippen LogP contribution in [0.4, 0.5) is 0 Å². The molecule has 0 saturated heterocycles. The quantitative estimate of drug-likeness (QED) is 0.645. The standard InChI is InChI=1S/C13H26N2O3/c1-5-6-9(14)7-11(16)15-10(8-12(17)18)13(2,3)4/h9-10H,5-8,14H2,1-4H3,(H,15,16)(H,17,18). The van der Waals surface area contributed by atoms with Crippen molar-refractivity contribution in [3.8, 4) is 0 Å². The Kier molecular flexibility index (Phi) is 6.91. The van der Waals surface area contributed by atoms with Gasteiger partial charge in [-0.05, 0) is 11.8 Å². The summed E-state index contributed by atoms with van der Waals surface area (Å²) in [7, 11) is 0. The Balaban J connectivity index is 4.40. The Morgan fingerprint density at radius 1 is 1.28 bits per heavy atom. The van der Waals surface area contributed by atoms with Crippen LogP contribution in [0.3, 0.4) is 0 Å². The maximum Gasteiger partial charge on any atom is 0.305 e. The maximum absolute atomic E-state index is 11.8. The third kappa shape index (κ3) is 7.27. The number of aliphatic carboxylic acids is 1. The highest BCUT2D eigenvalue weighted by molar-refractivity contribution is 5.78. The third-order valence-corrected chi connectivity index (χ3v) is 2.87. The molecule has 0 aromatic carbocycles. The summed E-state index contributed by atoms with van der Waals surface area (Å²) >= 11 is 0. The summed E-state index contributed by atoms with van der Waals surface area (Å²) in [6, 6.07) is -0.531. The van der Waals surface area contributed by atoms with Crippen molar-refractivity contribution in [3.63, 3.8) is 0 Å². The van der Waals surface area contributed by atoms with E-state index in [1.807, 2.05) is 27.7 Å². The molecule has 0 aliphatic rings. The molecule has 0 aliphatic heterocycles. The second-order valence-electron chi connectivity index (χ2n) is 5.84. The van der Waals surface area contributed by atoms with Gasteiger partial charge in [0.2, 0.25) is 5.91 Å². The average molecular weight is 258 g/mol. The van der Waals surface area contributed by atoms with Crippen LogP contribution in [0.5, 0.6) is 0 Å². The van der Waals surface area contributed by atoms with Crippen molar-refractivity contribution in [1.82, 2.24) is 5.32 Å². The van der Waals surface area contributed by atoms with Gasteiger partial charge < -0.3 is 16.2 Å². The Morgan fingerprint density at radius 2 is 1.83 bits per heavy atom. The van der Waals surface area contributed by atoms with Gasteiger partial charge >= 0.3 is 5.97 Å². The highest BCUT2D eigenvalue weighted by atomic mass is 16.4. The van der Waals surface area contributed by atoms with Gasteiger partial charge in [-0.25, -0.2) is 0 Å². The van der Waals surface area contributed by atoms with E-state index in [1.54, 1.807) is 0 Å². The second kappa shape index (κ2) is 7.36. The van der Waals surface area contributed by atoms with E-state index in [1.165, 1.54) is 0 Å². The molecule has 0 saturated carbocycles. The number of rotatable bonds is 7. The van der Waals surface area contributed by atoms with Crippen LogP contribution in [0, 0.1) is 5.41 Å². The van der Waals surface area contributed by atoms with Crippen LogP contribution in [-0.4, -0.2) is 29.1 Å². The minimum atomic E-state index is -0.909. The largest absolute Gasteiger partial charge is 0.481 e. The Morgan fingerprint density at radius 3 is 2.22 bits per heavy atom. The zero-order chi connectivity index (χ0) is 14.3. The lowest BCUT2D eigenvalue weighted by Crippen LogP contribution is -2.46. The molecule has 0 bridgehead atoms. The Bertz CT molecular complexity index is 284. The fourth-order valence-corrected chi connectivity index (χ4v) is 1.71. The molecule has 5 nitrogen and oxygen atoms in total. The van der Waals surface area contributed by atoms with Crippen molar-refractivity contribution in [3.05, 3.63) is 0 Å². The highest BCUT2D eigenvalue weighted by Gasteiger charge is 2.28. The maximum atomic E-state index is 11.8. The van der Waals surface area contributed by atoms with Gasteiger partial charge in [0.05, 0.1) is 6.42 Å². The minimum absolute atomic E-state index is 0.0712. The van der Waals surface area contributed by atoms with E-state index in [4.69, 9.17) is 10.8 Å². The molecular formula is C13H26N2O3. The summed E-state index contributed by atoms with van der Waals surface area (Å²) in [6.45, 7) is 7.74. The van der Waals surface area contributed by atoms with E-state index in [2.05, 4.69) is 5.32 Å². The zero-order valence-corrected chi connectivity index (χ0v) is 11.8. The van der Waals surface area contributed by atoms with Gasteiger partial charge in [0, 0.05) is 18.5 Å². The van der Waals surface area contributed by atoms with Crippen LogP contribution < -0.4 is 11.1 Å². The van der Waals surface area contributed by atoms with Gasteiger partial charge in [0.1, 0.15) is 0 Å². The predicted molar refractivity (Wildman–Crippen MR) is 71.1 cm³/mol. The lowest BCUT2D eigenvalue weighted by Gasteiger charge is -2.30. The fourth-order valence-electron chi connectivity index (χ4n) is 1.71. The molecule has 0 heterocycles. The summed E-state index contributed by atoms with van der Waals surface area (Å²) in [5.74, 6) is -1.08. The summed E-state index contributed by atoms with van der Waals surface area (Å²) in [5, 5.41) is 11.6. The Labute approximate surface area is 109 Å². The molecule has 0 aromatic rings. The summed E-state index contributed by atoms with van der Waals surface area (Å²) in [4.78, 5) is 22.6. The first-order valence-corrected chi connectivity index (χ1v) is 6.43. The molecule has 5 heteroatoms. The van der Waals surface area contributed by atoms with Crippen LogP contribution in [-0.2, 0) is 9.59 Å². The van der Waals surface area contributed by atoms with Crippen LogP contribution in [0.2, 0.25) is 0 Å². The normalized spacial score (nSPS) is 14.9. The van der Waals surface area contributed by atoms with Crippen molar-refractivity contribution in [2.24, 2.45) is 11.1 Å². The number of hydrogen-bond acceptors (Lipinski definition) is 3. The molecule has 18 heavy (non-hydrogen) atoms. The molecule has 4 N–H and O–H groups in total. The van der Waals surface area contributed by atoms with E-state index < -0.39 is 5.97 Å². The molecule has 0 fully saturated rings. The Hall–Kier alpha value is -1.10. The number of amides is 1. The smallest absolute Gasteiger partial charge is 0.305 e. The van der Waals surface area contributed by atoms with Crippen molar-refractivity contribution in [2.75, 3.05) is 0 Å². The van der Waals surface area contributed by atoms with E-state index in [0.29, 0.717) is 0 Å². The van der Waals surface area contributed by atoms with E-state index in [0.717, 1.165) is 12.8 Å². The van der Waals surface area contributed by atoms with Gasteiger partial charge in [0.15, 0.2) is 0 Å². The summed E-state index contributed by atoms with van der Waals surface area (Å²) in [6.07, 6.45) is 1.91. The first-order valence-electron chi connectivity index (χ1n) is 6.43. The highest BCUT2D eigenvalue weighted by Crippen LogP contribution is 2.22. The number of nitrogens with one attached hydrogen (secondary N) is 1. The molecule has 0 spiro atoms.